The molecule has 1 aliphatic rings. The SMILES string of the molecule is O=C(CCSc1nnc(-c2ccco2)c(-c2ccco2)n1)N1CCc2ccccc21. The van der Waals surface area contributed by atoms with E-state index in [9.17, 15) is 4.79 Å². The topological polar surface area (TPSA) is 85.3 Å². The standard InChI is InChI=1S/C22H18N4O3S/c27-19(26-11-9-15-5-1-2-6-16(15)26)10-14-30-22-23-20(17-7-3-12-28-17)21(24-25-22)18-8-4-13-29-18/h1-8,12-13H,9-11,14H2. The third-order valence-corrected chi connectivity index (χ3v) is 5.75. The Kier molecular flexibility index (Phi) is 5.06. The van der Waals surface area contributed by atoms with Crippen molar-refractivity contribution >= 4 is 23.4 Å². The average Bonchev–Trinajstić information content (AvgIpc) is 3.55. The Balaban J connectivity index is 1.29. The van der Waals surface area contributed by atoms with Crippen LogP contribution in [-0.4, -0.2) is 33.4 Å². The predicted octanol–water partition coefficient (Wildman–Crippen LogP) is 4.46. The van der Waals surface area contributed by atoms with Crippen LogP contribution in [0.15, 0.2) is 75.0 Å². The minimum absolute atomic E-state index is 0.110. The lowest BCUT2D eigenvalue weighted by Crippen LogP contribution is -2.29. The Bertz CT molecular complexity index is 1160. The van der Waals surface area contributed by atoms with Crippen molar-refractivity contribution in [2.24, 2.45) is 0 Å². The molecule has 30 heavy (non-hydrogen) atoms. The molecule has 4 heterocycles. The van der Waals surface area contributed by atoms with Crippen LogP contribution in [0.4, 0.5) is 5.69 Å². The highest BCUT2D eigenvalue weighted by Gasteiger charge is 2.24. The molecule has 7 nitrogen and oxygen atoms in total. The zero-order chi connectivity index (χ0) is 20.3. The lowest BCUT2D eigenvalue weighted by atomic mass is 10.2. The van der Waals surface area contributed by atoms with Gasteiger partial charge in [0.25, 0.3) is 0 Å². The fourth-order valence-corrected chi connectivity index (χ4v) is 4.21. The van der Waals surface area contributed by atoms with Crippen molar-refractivity contribution in [3.8, 4) is 22.9 Å². The highest BCUT2D eigenvalue weighted by molar-refractivity contribution is 7.99. The fourth-order valence-electron chi connectivity index (χ4n) is 3.50. The number of thioether (sulfide) groups is 1. The van der Waals surface area contributed by atoms with Crippen LogP contribution in [0.25, 0.3) is 22.9 Å². The quantitative estimate of drug-likeness (QED) is 0.427. The molecular weight excluding hydrogens is 400 g/mol. The number of carbonyl (C=O) groups is 1. The number of amides is 1. The second-order valence-corrected chi connectivity index (χ2v) is 7.83. The van der Waals surface area contributed by atoms with Crippen molar-refractivity contribution in [3.63, 3.8) is 0 Å². The normalized spacial score (nSPS) is 12.9. The number of fused-ring (bicyclic) bond motifs is 1. The van der Waals surface area contributed by atoms with Crippen LogP contribution in [0.3, 0.4) is 0 Å². The van der Waals surface area contributed by atoms with E-state index in [2.05, 4.69) is 21.2 Å². The van der Waals surface area contributed by atoms with Gasteiger partial charge in [0.05, 0.1) is 12.5 Å². The fraction of sp³-hybridized carbons (Fsp3) is 0.182. The first-order valence-corrected chi connectivity index (χ1v) is 10.6. The van der Waals surface area contributed by atoms with Gasteiger partial charge in [-0.2, -0.15) is 0 Å². The van der Waals surface area contributed by atoms with E-state index < -0.39 is 0 Å². The van der Waals surface area contributed by atoms with Crippen LogP contribution in [0, 0.1) is 0 Å². The summed E-state index contributed by atoms with van der Waals surface area (Å²) in [6.07, 6.45) is 4.47. The molecule has 3 aromatic heterocycles. The van der Waals surface area contributed by atoms with Crippen molar-refractivity contribution in [2.75, 3.05) is 17.2 Å². The summed E-state index contributed by atoms with van der Waals surface area (Å²) in [6, 6.07) is 15.3. The molecule has 1 aromatic carbocycles. The van der Waals surface area contributed by atoms with E-state index >= 15 is 0 Å². The van der Waals surface area contributed by atoms with Gasteiger partial charge in [0.1, 0.15) is 5.69 Å². The second-order valence-electron chi connectivity index (χ2n) is 6.77. The average molecular weight is 418 g/mol. The molecule has 0 N–H and O–H groups in total. The van der Waals surface area contributed by atoms with E-state index in [1.807, 2.05) is 29.2 Å². The zero-order valence-electron chi connectivity index (χ0n) is 16.0. The maximum absolute atomic E-state index is 12.7. The van der Waals surface area contributed by atoms with E-state index in [1.165, 1.54) is 17.3 Å². The molecule has 0 bridgehead atoms. The van der Waals surface area contributed by atoms with Crippen LogP contribution < -0.4 is 4.90 Å². The molecule has 4 aromatic rings. The van der Waals surface area contributed by atoms with E-state index in [1.54, 1.807) is 30.7 Å². The molecule has 0 unspecified atom stereocenters. The van der Waals surface area contributed by atoms with E-state index in [0.717, 1.165) is 18.7 Å². The number of rotatable bonds is 6. The monoisotopic (exact) mass is 418 g/mol. The van der Waals surface area contributed by atoms with Gasteiger partial charge in [-0.25, -0.2) is 4.98 Å². The van der Waals surface area contributed by atoms with Gasteiger partial charge < -0.3 is 13.7 Å². The van der Waals surface area contributed by atoms with Crippen LogP contribution in [0.2, 0.25) is 0 Å². The van der Waals surface area contributed by atoms with E-state index in [-0.39, 0.29) is 5.91 Å². The van der Waals surface area contributed by atoms with Gasteiger partial charge in [-0.15, -0.1) is 10.2 Å². The largest absolute Gasteiger partial charge is 0.463 e. The van der Waals surface area contributed by atoms with Gasteiger partial charge in [0.2, 0.25) is 11.1 Å². The summed E-state index contributed by atoms with van der Waals surface area (Å²) in [5.41, 5.74) is 3.33. The van der Waals surface area contributed by atoms with Gasteiger partial charge in [-0.3, -0.25) is 4.79 Å². The predicted molar refractivity (Wildman–Crippen MR) is 113 cm³/mol. The van der Waals surface area contributed by atoms with Gasteiger partial charge in [-0.05, 0) is 42.3 Å². The minimum atomic E-state index is 0.110. The molecule has 0 fully saturated rings. The van der Waals surface area contributed by atoms with Crippen molar-refractivity contribution in [2.45, 2.75) is 18.0 Å². The summed E-state index contributed by atoms with van der Waals surface area (Å²) in [7, 11) is 0. The number of para-hydroxylation sites is 1. The number of aromatic nitrogens is 3. The number of furan rings is 2. The molecule has 0 spiro atoms. The Morgan fingerprint density at radius 3 is 2.50 bits per heavy atom. The first kappa shape index (κ1) is 18.6. The van der Waals surface area contributed by atoms with Crippen molar-refractivity contribution < 1.29 is 13.6 Å². The number of benzene rings is 1. The van der Waals surface area contributed by atoms with Gasteiger partial charge in [0.15, 0.2) is 17.2 Å². The molecule has 0 atom stereocenters. The molecule has 0 saturated heterocycles. The van der Waals surface area contributed by atoms with Crippen LogP contribution in [-0.2, 0) is 11.2 Å². The van der Waals surface area contributed by atoms with E-state index in [0.29, 0.717) is 40.2 Å². The molecule has 1 amide bonds. The zero-order valence-corrected chi connectivity index (χ0v) is 16.8. The van der Waals surface area contributed by atoms with Gasteiger partial charge in [0, 0.05) is 24.4 Å². The van der Waals surface area contributed by atoms with Crippen LogP contribution in [0.1, 0.15) is 12.0 Å². The van der Waals surface area contributed by atoms with Crippen LogP contribution >= 0.6 is 11.8 Å². The summed E-state index contributed by atoms with van der Waals surface area (Å²) >= 11 is 1.40. The molecule has 1 aliphatic heterocycles. The number of hydrogen-bond acceptors (Lipinski definition) is 7. The Labute approximate surface area is 177 Å². The maximum atomic E-state index is 12.7. The second kappa shape index (κ2) is 8.16. The lowest BCUT2D eigenvalue weighted by Gasteiger charge is -2.17. The number of anilines is 1. The van der Waals surface area contributed by atoms with Crippen molar-refractivity contribution in [1.29, 1.82) is 0 Å². The highest BCUT2D eigenvalue weighted by atomic mass is 32.2. The van der Waals surface area contributed by atoms with Crippen molar-refractivity contribution in [1.82, 2.24) is 15.2 Å². The Morgan fingerprint density at radius 1 is 0.967 bits per heavy atom. The molecule has 0 saturated carbocycles. The Hall–Kier alpha value is -3.39. The molecule has 5 rings (SSSR count). The summed E-state index contributed by atoms with van der Waals surface area (Å²) in [5.74, 6) is 1.83. The summed E-state index contributed by atoms with van der Waals surface area (Å²) in [5, 5.41) is 9.00. The van der Waals surface area contributed by atoms with Crippen molar-refractivity contribution in [3.05, 3.63) is 66.6 Å². The number of nitrogens with zero attached hydrogens (tertiary/aromatic N) is 4. The first-order chi connectivity index (χ1) is 14.8. The summed E-state index contributed by atoms with van der Waals surface area (Å²) < 4.78 is 11.0. The molecule has 0 aliphatic carbocycles. The highest BCUT2D eigenvalue weighted by Crippen LogP contribution is 2.31. The molecule has 0 radical (unpaired) electrons. The summed E-state index contributed by atoms with van der Waals surface area (Å²) in [4.78, 5) is 19.2. The first-order valence-electron chi connectivity index (χ1n) is 9.63. The number of hydrogen-bond donors (Lipinski definition) is 0. The molecule has 8 heteroatoms. The molecular formula is C22H18N4O3S. The van der Waals surface area contributed by atoms with Crippen LogP contribution in [0.5, 0.6) is 0 Å². The third-order valence-electron chi connectivity index (χ3n) is 4.91. The lowest BCUT2D eigenvalue weighted by molar-refractivity contribution is -0.118. The minimum Gasteiger partial charge on any atom is -0.463 e. The molecule has 150 valence electrons. The van der Waals surface area contributed by atoms with Gasteiger partial charge in [-0.1, -0.05) is 30.0 Å². The maximum Gasteiger partial charge on any atom is 0.227 e. The third kappa shape index (κ3) is 3.61. The Morgan fingerprint density at radius 2 is 1.73 bits per heavy atom. The summed E-state index contributed by atoms with van der Waals surface area (Å²) in [6.45, 7) is 0.737. The van der Waals surface area contributed by atoms with Gasteiger partial charge >= 0.3 is 0 Å². The smallest absolute Gasteiger partial charge is 0.227 e. The van der Waals surface area contributed by atoms with E-state index in [4.69, 9.17) is 8.83 Å². The number of carbonyl (C=O) groups excluding carboxylic acids is 1.